The van der Waals surface area contributed by atoms with Crippen molar-refractivity contribution in [3.8, 4) is 16.9 Å². The molecular weight excluding hydrogens is 366 g/mol. The molecule has 0 fully saturated rings. The van der Waals surface area contributed by atoms with Crippen LogP contribution in [0.3, 0.4) is 0 Å². The molecule has 0 spiro atoms. The van der Waals surface area contributed by atoms with Crippen molar-refractivity contribution in [2.45, 2.75) is 12.1 Å². The molecule has 4 aromatic rings. The monoisotopic (exact) mass is 385 g/mol. The molecule has 0 bridgehead atoms. The summed E-state index contributed by atoms with van der Waals surface area (Å²) in [6.07, 6.45) is 2.82. The van der Waals surface area contributed by atoms with Crippen LogP contribution in [-0.4, -0.2) is 33.7 Å². The number of nitrogens with one attached hydrogen (secondary N) is 2. The first-order valence-corrected chi connectivity index (χ1v) is 9.44. The minimum Gasteiger partial charge on any atom is -0.490 e. The zero-order valence-electron chi connectivity index (χ0n) is 15.5. The molecule has 3 heterocycles. The molecule has 0 saturated heterocycles. The van der Waals surface area contributed by atoms with Crippen LogP contribution in [0.25, 0.3) is 22.2 Å². The molecule has 0 saturated carbocycles. The Morgan fingerprint density at radius 3 is 2.79 bits per heavy atom. The number of amides is 1. The Bertz CT molecular complexity index is 1180. The molecule has 144 valence electrons. The first-order valence-electron chi connectivity index (χ1n) is 9.44. The van der Waals surface area contributed by atoms with Gasteiger partial charge in [-0.15, -0.1) is 0 Å². The summed E-state index contributed by atoms with van der Waals surface area (Å²) in [6, 6.07) is 18.3. The Labute approximate surface area is 167 Å². The number of aliphatic hydroxyl groups is 1. The SMILES string of the molecule is O=C(N[C@@H]1c2ccccc2OC[C@@H]1O)c1ccc(-c2ccnc3[nH]ccc23)cc1. The van der Waals surface area contributed by atoms with Crippen molar-refractivity contribution < 1.29 is 14.6 Å². The van der Waals surface area contributed by atoms with Gasteiger partial charge in [0.25, 0.3) is 5.91 Å². The van der Waals surface area contributed by atoms with Crippen LogP contribution in [0.1, 0.15) is 22.0 Å². The fourth-order valence-electron chi connectivity index (χ4n) is 3.76. The summed E-state index contributed by atoms with van der Waals surface area (Å²) in [5.74, 6) is 0.450. The number of nitrogens with zero attached hydrogens (tertiary/aromatic N) is 1. The molecular formula is C23H19N3O3. The van der Waals surface area contributed by atoms with Gasteiger partial charge in [0.1, 0.15) is 24.1 Å². The predicted molar refractivity (Wildman–Crippen MR) is 110 cm³/mol. The standard InChI is InChI=1S/C23H19N3O3/c27-19-13-29-20-4-2-1-3-18(20)21(19)26-23(28)15-7-5-14(6-8-15)16-9-11-24-22-17(16)10-12-25-22/h1-12,19,21,27H,13H2,(H,24,25)(H,26,28)/t19-,21+/m0/s1. The number of hydrogen-bond acceptors (Lipinski definition) is 4. The van der Waals surface area contributed by atoms with E-state index in [0.29, 0.717) is 11.3 Å². The normalized spacial score (nSPS) is 18.1. The van der Waals surface area contributed by atoms with E-state index in [1.165, 1.54) is 0 Å². The summed E-state index contributed by atoms with van der Waals surface area (Å²) in [5, 5.41) is 14.3. The maximum absolute atomic E-state index is 12.8. The van der Waals surface area contributed by atoms with E-state index in [-0.39, 0.29) is 12.5 Å². The number of aliphatic hydroxyl groups excluding tert-OH is 1. The highest BCUT2D eigenvalue weighted by Gasteiger charge is 2.30. The molecule has 0 radical (unpaired) electrons. The number of carbonyl (C=O) groups excluding carboxylic acids is 1. The molecule has 1 aliphatic heterocycles. The molecule has 2 aromatic carbocycles. The number of para-hydroxylation sites is 1. The third-order valence-corrected chi connectivity index (χ3v) is 5.25. The predicted octanol–water partition coefficient (Wildman–Crippen LogP) is 3.45. The van der Waals surface area contributed by atoms with Crippen molar-refractivity contribution in [2.75, 3.05) is 6.61 Å². The minimum absolute atomic E-state index is 0.148. The number of carbonyl (C=O) groups is 1. The molecule has 1 amide bonds. The molecule has 2 atom stereocenters. The second kappa shape index (κ2) is 7.07. The van der Waals surface area contributed by atoms with Crippen molar-refractivity contribution in [3.63, 3.8) is 0 Å². The van der Waals surface area contributed by atoms with E-state index in [9.17, 15) is 9.90 Å². The van der Waals surface area contributed by atoms with Gasteiger partial charge < -0.3 is 20.1 Å². The summed E-state index contributed by atoms with van der Waals surface area (Å²) < 4.78 is 5.54. The average Bonchev–Trinajstić information content (AvgIpc) is 3.25. The number of fused-ring (bicyclic) bond motifs is 2. The molecule has 29 heavy (non-hydrogen) atoms. The number of aromatic amines is 1. The lowest BCUT2D eigenvalue weighted by Crippen LogP contribution is -2.41. The maximum Gasteiger partial charge on any atom is 0.251 e. The van der Waals surface area contributed by atoms with Crippen LogP contribution >= 0.6 is 0 Å². The minimum atomic E-state index is -0.799. The van der Waals surface area contributed by atoms with E-state index >= 15 is 0 Å². The maximum atomic E-state index is 12.8. The summed E-state index contributed by atoms with van der Waals surface area (Å²) in [4.78, 5) is 20.2. The van der Waals surface area contributed by atoms with E-state index < -0.39 is 12.1 Å². The van der Waals surface area contributed by atoms with E-state index in [1.807, 2.05) is 54.7 Å². The molecule has 0 aliphatic carbocycles. The molecule has 5 rings (SSSR count). The number of rotatable bonds is 3. The van der Waals surface area contributed by atoms with Gasteiger partial charge in [-0.25, -0.2) is 4.98 Å². The van der Waals surface area contributed by atoms with Gasteiger partial charge in [-0.2, -0.15) is 0 Å². The van der Waals surface area contributed by atoms with E-state index in [2.05, 4.69) is 15.3 Å². The number of H-pyrrole nitrogens is 1. The van der Waals surface area contributed by atoms with Crippen molar-refractivity contribution in [3.05, 3.63) is 84.2 Å². The topological polar surface area (TPSA) is 87.2 Å². The van der Waals surface area contributed by atoms with Gasteiger partial charge >= 0.3 is 0 Å². The summed E-state index contributed by atoms with van der Waals surface area (Å²) in [6.45, 7) is 0.148. The van der Waals surface area contributed by atoms with Crippen LogP contribution in [0.15, 0.2) is 73.1 Å². The fraction of sp³-hybridized carbons (Fsp3) is 0.130. The van der Waals surface area contributed by atoms with Gasteiger partial charge in [0.15, 0.2) is 0 Å². The molecule has 6 nitrogen and oxygen atoms in total. The number of benzene rings is 2. The number of pyridine rings is 1. The van der Waals surface area contributed by atoms with Crippen molar-refractivity contribution in [1.29, 1.82) is 0 Å². The van der Waals surface area contributed by atoms with Crippen molar-refractivity contribution in [1.82, 2.24) is 15.3 Å². The molecule has 3 N–H and O–H groups in total. The average molecular weight is 385 g/mol. The first-order chi connectivity index (χ1) is 14.2. The highest BCUT2D eigenvalue weighted by molar-refractivity contribution is 5.97. The molecule has 0 unspecified atom stereocenters. The zero-order valence-corrected chi connectivity index (χ0v) is 15.5. The van der Waals surface area contributed by atoms with Crippen molar-refractivity contribution >= 4 is 16.9 Å². The lowest BCUT2D eigenvalue weighted by molar-refractivity contribution is 0.0502. The largest absolute Gasteiger partial charge is 0.490 e. The van der Waals surface area contributed by atoms with Crippen LogP contribution < -0.4 is 10.1 Å². The Morgan fingerprint density at radius 1 is 1.10 bits per heavy atom. The van der Waals surface area contributed by atoms with Crippen molar-refractivity contribution in [2.24, 2.45) is 0 Å². The summed E-state index contributed by atoms with van der Waals surface area (Å²) in [5.41, 5.74) is 4.20. The quantitative estimate of drug-likeness (QED) is 0.504. The van der Waals surface area contributed by atoms with E-state index in [0.717, 1.165) is 27.7 Å². The molecule has 6 heteroatoms. The third kappa shape index (κ3) is 3.13. The Hall–Kier alpha value is -3.64. The lowest BCUT2D eigenvalue weighted by atomic mass is 9.97. The summed E-state index contributed by atoms with van der Waals surface area (Å²) in [7, 11) is 0. The Morgan fingerprint density at radius 2 is 1.93 bits per heavy atom. The van der Waals surface area contributed by atoms with Crippen LogP contribution in [0, 0.1) is 0 Å². The second-order valence-electron chi connectivity index (χ2n) is 7.04. The number of ether oxygens (including phenoxy) is 1. The third-order valence-electron chi connectivity index (χ3n) is 5.25. The van der Waals surface area contributed by atoms with Gasteiger partial charge in [0.05, 0.1) is 6.04 Å². The Balaban J connectivity index is 1.40. The first kappa shape index (κ1) is 17.5. The highest BCUT2D eigenvalue weighted by atomic mass is 16.5. The zero-order chi connectivity index (χ0) is 19.8. The number of hydrogen-bond donors (Lipinski definition) is 3. The highest BCUT2D eigenvalue weighted by Crippen LogP contribution is 2.32. The van der Waals surface area contributed by atoms with Crippen LogP contribution in [-0.2, 0) is 0 Å². The van der Waals surface area contributed by atoms with Crippen LogP contribution in [0.4, 0.5) is 0 Å². The van der Waals surface area contributed by atoms with Crippen LogP contribution in [0.5, 0.6) is 5.75 Å². The molecule has 1 aliphatic rings. The fourth-order valence-corrected chi connectivity index (χ4v) is 3.76. The van der Waals surface area contributed by atoms with Gasteiger partial charge in [0, 0.05) is 28.9 Å². The van der Waals surface area contributed by atoms with Gasteiger partial charge in [0.2, 0.25) is 0 Å². The summed E-state index contributed by atoms with van der Waals surface area (Å²) >= 11 is 0. The Kier molecular flexibility index (Phi) is 4.26. The van der Waals surface area contributed by atoms with E-state index in [1.54, 1.807) is 18.3 Å². The molecule has 2 aromatic heterocycles. The van der Waals surface area contributed by atoms with Gasteiger partial charge in [-0.05, 0) is 41.5 Å². The lowest BCUT2D eigenvalue weighted by Gasteiger charge is -2.31. The number of aromatic nitrogens is 2. The van der Waals surface area contributed by atoms with Gasteiger partial charge in [-0.3, -0.25) is 4.79 Å². The smallest absolute Gasteiger partial charge is 0.251 e. The van der Waals surface area contributed by atoms with Gasteiger partial charge in [-0.1, -0.05) is 30.3 Å². The second-order valence-corrected chi connectivity index (χ2v) is 7.04. The van der Waals surface area contributed by atoms with Crippen LogP contribution in [0.2, 0.25) is 0 Å². The van der Waals surface area contributed by atoms with E-state index in [4.69, 9.17) is 4.74 Å².